The van der Waals surface area contributed by atoms with Gasteiger partial charge in [0, 0.05) is 11.5 Å². The molecule has 0 radical (unpaired) electrons. The topological polar surface area (TPSA) is 0 Å². The summed E-state index contributed by atoms with van der Waals surface area (Å²) < 4.78 is 0. The SMILES string of the molecule is C1CCSSC1.[H-].[Li+]. The third-order valence-corrected chi connectivity index (χ3v) is 3.37. The minimum Gasteiger partial charge on any atom is -1.00 e. The molecule has 0 atom stereocenters. The third kappa shape index (κ3) is 3.85. The molecule has 0 N–H and O–H groups in total. The van der Waals surface area contributed by atoms with Crippen LogP contribution in [0.3, 0.4) is 0 Å². The van der Waals surface area contributed by atoms with Gasteiger partial charge >= 0.3 is 18.9 Å². The fourth-order valence-corrected chi connectivity index (χ4v) is 2.73. The Morgan fingerprint density at radius 2 is 1.43 bits per heavy atom. The average Bonchev–Trinajstić information content (AvgIpc) is 1.72. The van der Waals surface area contributed by atoms with Crippen LogP contribution in [0, 0.1) is 0 Å². The van der Waals surface area contributed by atoms with Crippen LogP contribution in [0.25, 0.3) is 0 Å². The fourth-order valence-electron chi connectivity index (χ4n) is 0.440. The van der Waals surface area contributed by atoms with Crippen molar-refractivity contribution in [3.8, 4) is 0 Å². The van der Waals surface area contributed by atoms with Crippen LogP contribution in [-0.2, 0) is 0 Å². The van der Waals surface area contributed by atoms with Crippen molar-refractivity contribution in [1.29, 1.82) is 0 Å². The van der Waals surface area contributed by atoms with Crippen molar-refractivity contribution in [2.45, 2.75) is 12.8 Å². The average molecular weight is 128 g/mol. The first-order valence-corrected chi connectivity index (χ1v) is 4.73. The van der Waals surface area contributed by atoms with Gasteiger partial charge in [-0.3, -0.25) is 0 Å². The van der Waals surface area contributed by atoms with Crippen LogP contribution in [-0.4, -0.2) is 11.5 Å². The Morgan fingerprint density at radius 3 is 1.57 bits per heavy atom. The largest absolute Gasteiger partial charge is 1.00 e. The van der Waals surface area contributed by atoms with Crippen molar-refractivity contribution >= 4 is 21.6 Å². The molecule has 7 heavy (non-hydrogen) atoms. The van der Waals surface area contributed by atoms with E-state index in [4.69, 9.17) is 0 Å². The van der Waals surface area contributed by atoms with E-state index >= 15 is 0 Å². The van der Waals surface area contributed by atoms with Gasteiger partial charge in [-0.2, -0.15) is 0 Å². The number of hydrogen-bond acceptors (Lipinski definition) is 2. The molecule has 0 bridgehead atoms. The van der Waals surface area contributed by atoms with Crippen molar-refractivity contribution < 1.29 is 20.3 Å². The van der Waals surface area contributed by atoms with E-state index in [9.17, 15) is 0 Å². The monoisotopic (exact) mass is 128 g/mol. The quantitative estimate of drug-likeness (QED) is 0.312. The van der Waals surface area contributed by atoms with Crippen LogP contribution < -0.4 is 18.9 Å². The van der Waals surface area contributed by atoms with E-state index in [0.29, 0.717) is 0 Å². The predicted molar refractivity (Wildman–Crippen MR) is 35.3 cm³/mol. The molecule has 3 heteroatoms. The summed E-state index contributed by atoms with van der Waals surface area (Å²) in [5.74, 6) is 2.76. The molecule has 0 saturated carbocycles. The molecule has 0 aromatic carbocycles. The summed E-state index contributed by atoms with van der Waals surface area (Å²) in [6.45, 7) is 0. The van der Waals surface area contributed by atoms with Crippen molar-refractivity contribution in [3.05, 3.63) is 0 Å². The Labute approximate surface area is 66.3 Å². The second-order valence-corrected chi connectivity index (χ2v) is 4.05. The Kier molecular flexibility index (Phi) is 6.44. The van der Waals surface area contributed by atoms with Crippen molar-refractivity contribution in [3.63, 3.8) is 0 Å². The van der Waals surface area contributed by atoms with Crippen molar-refractivity contribution in [1.82, 2.24) is 0 Å². The molecule has 1 saturated heterocycles. The Hall–Kier alpha value is 1.30. The first kappa shape index (κ1) is 8.30. The van der Waals surface area contributed by atoms with Crippen LogP contribution in [0.4, 0.5) is 0 Å². The van der Waals surface area contributed by atoms with Gasteiger partial charge in [-0.1, -0.05) is 21.6 Å². The smallest absolute Gasteiger partial charge is 1.00 e. The molecule has 1 aliphatic heterocycles. The third-order valence-electron chi connectivity index (χ3n) is 0.789. The van der Waals surface area contributed by atoms with Gasteiger partial charge in [-0.05, 0) is 12.8 Å². The van der Waals surface area contributed by atoms with E-state index in [1.165, 1.54) is 24.3 Å². The zero-order valence-electron chi connectivity index (χ0n) is 5.64. The summed E-state index contributed by atoms with van der Waals surface area (Å²) in [5, 5.41) is 0. The summed E-state index contributed by atoms with van der Waals surface area (Å²) in [6.07, 6.45) is 2.88. The summed E-state index contributed by atoms with van der Waals surface area (Å²) in [5.41, 5.74) is 0. The Balaban J connectivity index is 0. The Morgan fingerprint density at radius 1 is 1.00 bits per heavy atom. The maximum absolute atomic E-state index is 2.01. The Bertz CT molecular complexity index is 29.5. The maximum Gasteiger partial charge on any atom is 1.00 e. The van der Waals surface area contributed by atoms with Gasteiger partial charge in [0.2, 0.25) is 0 Å². The van der Waals surface area contributed by atoms with Gasteiger partial charge in [0.05, 0.1) is 0 Å². The molecule has 1 rings (SSSR count). The maximum atomic E-state index is 2.01. The normalized spacial score (nSPS) is 20.6. The van der Waals surface area contributed by atoms with Gasteiger partial charge < -0.3 is 1.43 Å². The minimum atomic E-state index is 0. The van der Waals surface area contributed by atoms with Crippen LogP contribution in [0.5, 0.6) is 0 Å². The molecule has 0 aromatic heterocycles. The first-order valence-electron chi connectivity index (χ1n) is 2.24. The second-order valence-electron chi connectivity index (χ2n) is 1.35. The molecule has 0 nitrogen and oxygen atoms in total. The first-order chi connectivity index (χ1) is 3.00. The van der Waals surface area contributed by atoms with Crippen LogP contribution in [0.2, 0.25) is 0 Å². The summed E-state index contributed by atoms with van der Waals surface area (Å²) in [7, 11) is 4.02. The fraction of sp³-hybridized carbons (Fsp3) is 1.00. The molecule has 1 aliphatic rings. The molecular weight excluding hydrogens is 119 g/mol. The molecule has 0 amide bonds. The molecule has 1 heterocycles. The van der Waals surface area contributed by atoms with E-state index in [2.05, 4.69) is 0 Å². The molecule has 38 valence electrons. The van der Waals surface area contributed by atoms with Gasteiger partial charge in [0.15, 0.2) is 0 Å². The summed E-state index contributed by atoms with van der Waals surface area (Å²) in [6, 6.07) is 0. The van der Waals surface area contributed by atoms with E-state index in [-0.39, 0.29) is 20.3 Å². The van der Waals surface area contributed by atoms with Crippen molar-refractivity contribution in [2.75, 3.05) is 11.5 Å². The summed E-state index contributed by atoms with van der Waals surface area (Å²) >= 11 is 0. The van der Waals surface area contributed by atoms with Crippen molar-refractivity contribution in [2.24, 2.45) is 0 Å². The second kappa shape index (κ2) is 5.43. The van der Waals surface area contributed by atoms with Gasteiger partial charge in [-0.25, -0.2) is 0 Å². The van der Waals surface area contributed by atoms with E-state index in [0.717, 1.165) is 0 Å². The van der Waals surface area contributed by atoms with Gasteiger partial charge in [0.1, 0.15) is 0 Å². The van der Waals surface area contributed by atoms with E-state index in [1.54, 1.807) is 0 Å². The summed E-state index contributed by atoms with van der Waals surface area (Å²) in [4.78, 5) is 0. The molecule has 1 fully saturated rings. The zero-order valence-corrected chi connectivity index (χ0v) is 6.28. The molecule has 0 spiro atoms. The minimum absolute atomic E-state index is 0. The van der Waals surface area contributed by atoms with E-state index in [1.807, 2.05) is 21.6 Å². The van der Waals surface area contributed by atoms with E-state index < -0.39 is 0 Å². The molecule has 0 aliphatic carbocycles. The van der Waals surface area contributed by atoms with Gasteiger partial charge in [0.25, 0.3) is 0 Å². The standard InChI is InChI=1S/C4H8S2.Li.H/c1-2-4-6-5-3-1;;/h1-4H2;;/q;+1;-1. The zero-order chi connectivity index (χ0) is 4.24. The van der Waals surface area contributed by atoms with Crippen LogP contribution in [0.15, 0.2) is 0 Å². The molecule has 0 unspecified atom stereocenters. The molecule has 0 aromatic rings. The number of rotatable bonds is 0. The van der Waals surface area contributed by atoms with Crippen LogP contribution in [0.1, 0.15) is 14.3 Å². The van der Waals surface area contributed by atoms with Crippen LogP contribution >= 0.6 is 21.6 Å². The predicted octanol–water partition coefficient (Wildman–Crippen LogP) is -0.722. The molecular formula is C4H9LiS2. The van der Waals surface area contributed by atoms with Gasteiger partial charge in [-0.15, -0.1) is 0 Å². The number of hydrogen-bond donors (Lipinski definition) is 0.